The molecule has 7 heteroatoms. The molecule has 0 unspecified atom stereocenters. The molecule has 1 aromatic heterocycles. The van der Waals surface area contributed by atoms with E-state index in [1.807, 2.05) is 6.07 Å². The van der Waals surface area contributed by atoms with E-state index in [-0.39, 0.29) is 11.6 Å². The van der Waals surface area contributed by atoms with Crippen molar-refractivity contribution in [2.75, 3.05) is 13.2 Å². The van der Waals surface area contributed by atoms with Gasteiger partial charge >= 0.3 is 0 Å². The number of benzene rings is 2. The zero-order valence-corrected chi connectivity index (χ0v) is 18.8. The van der Waals surface area contributed by atoms with Gasteiger partial charge in [-0.25, -0.2) is 4.98 Å². The van der Waals surface area contributed by atoms with Crippen LogP contribution >= 0.6 is 0 Å². The average molecular weight is 436 g/mol. The first kappa shape index (κ1) is 23.5. The van der Waals surface area contributed by atoms with Crippen LogP contribution in [0, 0.1) is 5.92 Å². The monoisotopic (exact) mass is 435 g/mol. The largest absolute Gasteiger partial charge is 0.388 e. The average Bonchev–Trinajstić information content (AvgIpc) is 3.41. The van der Waals surface area contributed by atoms with Gasteiger partial charge in [-0.05, 0) is 35.7 Å². The number of aliphatic imine (C=N–C) groups is 1. The van der Waals surface area contributed by atoms with Crippen molar-refractivity contribution >= 4 is 34.0 Å². The number of aliphatic hydroxyl groups excluding tert-OH is 2. The van der Waals surface area contributed by atoms with Crippen molar-refractivity contribution in [2.24, 2.45) is 10.9 Å². The number of Topliss-reactive ketones (excluding diaryl/α,β-unsaturated/α-hetero) is 2. The van der Waals surface area contributed by atoms with E-state index in [4.69, 9.17) is 10.2 Å². The summed E-state index contributed by atoms with van der Waals surface area (Å²) >= 11 is 0. The van der Waals surface area contributed by atoms with Crippen molar-refractivity contribution in [3.8, 4) is 0 Å². The molecule has 0 saturated heterocycles. The fourth-order valence-corrected chi connectivity index (χ4v) is 3.37. The molecule has 4 rings (SSSR count). The van der Waals surface area contributed by atoms with Gasteiger partial charge in [0.15, 0.2) is 11.6 Å². The van der Waals surface area contributed by atoms with Crippen LogP contribution in [0.3, 0.4) is 0 Å². The van der Waals surface area contributed by atoms with Crippen LogP contribution < -0.4 is 0 Å². The number of rotatable bonds is 6. The summed E-state index contributed by atoms with van der Waals surface area (Å²) in [5.74, 6) is 1.14. The van der Waals surface area contributed by atoms with Gasteiger partial charge in [0.2, 0.25) is 0 Å². The predicted octanol–water partition coefficient (Wildman–Crippen LogP) is 4.01. The molecule has 0 fully saturated rings. The van der Waals surface area contributed by atoms with Crippen molar-refractivity contribution in [3.63, 3.8) is 0 Å². The molecule has 0 radical (unpaired) electrons. The third-order valence-electron chi connectivity index (χ3n) is 5.37. The van der Waals surface area contributed by atoms with E-state index in [1.54, 1.807) is 30.3 Å². The summed E-state index contributed by atoms with van der Waals surface area (Å²) in [4.78, 5) is 34.7. The number of fused-ring (bicyclic) bond motifs is 2. The molecular formula is C25H29N3O4. The maximum atomic E-state index is 11.3. The van der Waals surface area contributed by atoms with Crippen molar-refractivity contribution in [2.45, 2.75) is 40.0 Å². The summed E-state index contributed by atoms with van der Waals surface area (Å²) in [5.41, 5.74) is 5.93. The lowest BCUT2D eigenvalue weighted by Gasteiger charge is -2.01. The summed E-state index contributed by atoms with van der Waals surface area (Å²) in [6.07, 6.45) is 0.876. The highest BCUT2D eigenvalue weighted by Crippen LogP contribution is 2.30. The predicted molar refractivity (Wildman–Crippen MR) is 125 cm³/mol. The molecule has 1 aliphatic rings. The quantitative estimate of drug-likeness (QED) is 0.506. The molecule has 7 nitrogen and oxygen atoms in total. The van der Waals surface area contributed by atoms with Gasteiger partial charge in [-0.1, -0.05) is 39.8 Å². The topological polar surface area (TPSA) is 116 Å². The summed E-state index contributed by atoms with van der Waals surface area (Å²) in [6.45, 7) is 7.43. The van der Waals surface area contributed by atoms with E-state index in [1.165, 1.54) is 0 Å². The Bertz CT molecular complexity index is 1180. The highest BCUT2D eigenvalue weighted by atomic mass is 16.3. The van der Waals surface area contributed by atoms with Gasteiger partial charge in [-0.2, -0.15) is 0 Å². The van der Waals surface area contributed by atoms with Gasteiger partial charge in [0.05, 0.1) is 16.7 Å². The minimum Gasteiger partial charge on any atom is -0.388 e. The molecule has 3 aromatic rings. The Hall–Kier alpha value is -3.16. The number of nitrogens with zero attached hydrogens (tertiary/aromatic N) is 2. The first-order chi connectivity index (χ1) is 15.2. The zero-order valence-electron chi connectivity index (χ0n) is 18.8. The molecular weight excluding hydrogens is 406 g/mol. The third kappa shape index (κ3) is 5.18. The molecule has 168 valence electrons. The molecule has 2 heterocycles. The van der Waals surface area contributed by atoms with E-state index in [0.717, 1.165) is 40.2 Å². The van der Waals surface area contributed by atoms with Crippen LogP contribution in [0.1, 0.15) is 65.7 Å². The number of H-pyrrole nitrogens is 1. The van der Waals surface area contributed by atoms with Crippen molar-refractivity contribution in [1.29, 1.82) is 0 Å². The van der Waals surface area contributed by atoms with E-state index in [9.17, 15) is 9.59 Å². The molecule has 32 heavy (non-hydrogen) atoms. The van der Waals surface area contributed by atoms with E-state index >= 15 is 0 Å². The Balaban J connectivity index is 0.000000181. The Morgan fingerprint density at radius 3 is 2.16 bits per heavy atom. The van der Waals surface area contributed by atoms with Gasteiger partial charge in [-0.15, -0.1) is 0 Å². The van der Waals surface area contributed by atoms with Crippen LogP contribution in [0.15, 0.2) is 41.4 Å². The smallest absolute Gasteiger partial charge is 0.188 e. The van der Waals surface area contributed by atoms with E-state index < -0.39 is 13.2 Å². The maximum absolute atomic E-state index is 11.3. The van der Waals surface area contributed by atoms with Crippen molar-refractivity contribution in [1.82, 2.24) is 9.97 Å². The molecule has 1 aliphatic heterocycles. The number of hydrogen-bond acceptors (Lipinski definition) is 6. The van der Waals surface area contributed by atoms with E-state index in [0.29, 0.717) is 23.0 Å². The first-order valence-electron chi connectivity index (χ1n) is 10.7. The lowest BCUT2D eigenvalue weighted by Crippen LogP contribution is -2.06. The number of ketones is 2. The summed E-state index contributed by atoms with van der Waals surface area (Å²) in [6, 6.07) is 10.7. The molecule has 0 bridgehead atoms. The fourth-order valence-electron chi connectivity index (χ4n) is 3.37. The number of nitrogens with one attached hydrogen (secondary N) is 1. The maximum Gasteiger partial charge on any atom is 0.188 e. The van der Waals surface area contributed by atoms with Crippen LogP contribution in [-0.4, -0.2) is 50.7 Å². The second-order valence-electron chi connectivity index (χ2n) is 8.45. The Morgan fingerprint density at radius 1 is 0.938 bits per heavy atom. The van der Waals surface area contributed by atoms with Crippen molar-refractivity contribution in [3.05, 3.63) is 58.9 Å². The molecule has 0 aliphatic carbocycles. The summed E-state index contributed by atoms with van der Waals surface area (Å²) in [7, 11) is 0. The molecule has 0 spiro atoms. The number of hydrogen-bond donors (Lipinski definition) is 3. The SMILES string of the molecule is CC(C)C1=Nc2cc(C(=O)CO)ccc2C1.CC(C)c1nc2ccc(C(=O)CO)cc2[nH]1. The number of aliphatic hydroxyl groups is 2. The normalized spacial score (nSPS) is 12.6. The second-order valence-corrected chi connectivity index (χ2v) is 8.45. The van der Waals surface area contributed by atoms with E-state index in [2.05, 4.69) is 42.7 Å². The van der Waals surface area contributed by atoms with Crippen LogP contribution in [0.2, 0.25) is 0 Å². The Morgan fingerprint density at radius 2 is 1.56 bits per heavy atom. The van der Waals surface area contributed by atoms with Gasteiger partial charge in [0, 0.05) is 29.2 Å². The lowest BCUT2D eigenvalue weighted by atomic mass is 10.0. The van der Waals surface area contributed by atoms with Crippen molar-refractivity contribution < 1.29 is 19.8 Å². The summed E-state index contributed by atoms with van der Waals surface area (Å²) < 4.78 is 0. The molecule has 0 saturated carbocycles. The number of carbonyl (C=O) groups is 2. The first-order valence-corrected chi connectivity index (χ1v) is 10.7. The van der Waals surface area contributed by atoms with Gasteiger partial charge in [-0.3, -0.25) is 14.6 Å². The highest BCUT2D eigenvalue weighted by Gasteiger charge is 2.18. The molecule has 2 aromatic carbocycles. The second kappa shape index (κ2) is 9.97. The van der Waals surface area contributed by atoms with Crippen LogP contribution in [-0.2, 0) is 6.42 Å². The summed E-state index contributed by atoms with van der Waals surface area (Å²) in [5, 5.41) is 17.6. The minimum atomic E-state index is -0.462. The lowest BCUT2D eigenvalue weighted by molar-refractivity contribution is 0.0898. The zero-order chi connectivity index (χ0) is 23.4. The number of imidazole rings is 1. The van der Waals surface area contributed by atoms with Crippen LogP contribution in [0.4, 0.5) is 5.69 Å². The number of aromatic amines is 1. The molecule has 0 atom stereocenters. The highest BCUT2D eigenvalue weighted by molar-refractivity contribution is 6.01. The molecule has 3 N–H and O–H groups in total. The van der Waals surface area contributed by atoms with Crippen LogP contribution in [0.25, 0.3) is 11.0 Å². The standard InChI is InChI=1S/C13H15NO2.C12H14N2O2/c1-8(2)11-5-9-3-4-10(13(16)7-15)6-12(9)14-11;1-7(2)12-13-9-4-3-8(11(16)6-15)5-10(9)14-12/h3-4,6,8,15H,5,7H2,1-2H3;3-5,7,15H,6H2,1-2H3,(H,13,14). The Kier molecular flexibility index (Phi) is 7.33. The van der Waals surface area contributed by atoms with Gasteiger partial charge in [0.25, 0.3) is 0 Å². The number of aromatic nitrogens is 2. The number of carbonyl (C=O) groups excluding carboxylic acids is 2. The third-order valence-corrected chi connectivity index (χ3v) is 5.37. The minimum absolute atomic E-state index is 0.254. The molecule has 0 amide bonds. The Labute approximate surface area is 187 Å². The van der Waals surface area contributed by atoms with Gasteiger partial charge in [0.1, 0.15) is 19.0 Å². The fraction of sp³-hybridized carbons (Fsp3) is 0.360. The van der Waals surface area contributed by atoms with Gasteiger partial charge < -0.3 is 15.2 Å². The van der Waals surface area contributed by atoms with Crippen LogP contribution in [0.5, 0.6) is 0 Å².